The Morgan fingerprint density at radius 1 is 2.00 bits per heavy atom. The number of aliphatic hydroxyl groups excluding tert-OH is 1. The lowest BCUT2D eigenvalue weighted by atomic mass is 10.5. The second-order valence-corrected chi connectivity index (χ2v) is 0.993. The molecule has 1 atom stereocenters. The third-order valence-electron chi connectivity index (χ3n) is 0.508. The summed E-state index contributed by atoms with van der Waals surface area (Å²) in [6.07, 6.45) is 0.0648. The van der Waals surface area contributed by atoms with Gasteiger partial charge in [0.25, 0.3) is 12.7 Å². The number of hydrogen-bond donors (Lipinski definition) is 1. The maximum atomic E-state index is 8.05. The summed E-state index contributed by atoms with van der Waals surface area (Å²) in [6.45, 7) is 1.74. The summed E-state index contributed by atoms with van der Waals surface area (Å²) in [6, 6.07) is 0. The molecule has 0 spiro atoms. The van der Waals surface area contributed by atoms with Crippen LogP contribution in [0.3, 0.4) is 0 Å². The molecular formula is C3H5O2+. The molecule has 0 aliphatic carbocycles. The third kappa shape index (κ3) is 0.529. The van der Waals surface area contributed by atoms with Crippen molar-refractivity contribution in [2.24, 2.45) is 0 Å². The Kier molecular flexibility index (Phi) is 0.528. The average molecular weight is 73.1 g/mol. The Morgan fingerprint density at radius 3 is 2.60 bits per heavy atom. The second kappa shape index (κ2) is 0.880. The molecule has 0 radical (unpaired) electrons. The fraction of sp³-hybridized carbons (Fsp3) is 0.667. The summed E-state index contributed by atoms with van der Waals surface area (Å²) < 4.78 is 4.48. The van der Waals surface area contributed by atoms with Crippen molar-refractivity contribution in [2.45, 2.75) is 6.10 Å². The van der Waals surface area contributed by atoms with Crippen LogP contribution in [0.2, 0.25) is 0 Å². The van der Waals surface area contributed by atoms with E-state index in [-0.39, 0.29) is 12.7 Å². The molecule has 1 fully saturated rings. The lowest BCUT2D eigenvalue weighted by Crippen LogP contribution is -1.87. The summed E-state index contributed by atoms with van der Waals surface area (Å²) in [5, 5.41) is 8.05. The first-order valence-electron chi connectivity index (χ1n) is 1.53. The van der Waals surface area contributed by atoms with Gasteiger partial charge in [0.15, 0.2) is 0 Å². The number of rotatable bonds is 1. The fourth-order valence-corrected chi connectivity index (χ4v) is 0.142. The van der Waals surface area contributed by atoms with E-state index in [4.69, 9.17) is 5.11 Å². The molecule has 0 amide bonds. The molecule has 0 aromatic heterocycles. The molecule has 0 bridgehead atoms. The first-order valence-corrected chi connectivity index (χ1v) is 1.53. The van der Waals surface area contributed by atoms with Crippen molar-refractivity contribution in [1.29, 1.82) is 0 Å². The van der Waals surface area contributed by atoms with Crippen molar-refractivity contribution in [3.05, 3.63) is 6.61 Å². The van der Waals surface area contributed by atoms with Crippen LogP contribution in [-0.4, -0.2) is 17.8 Å². The average Bonchev–Trinajstić information content (AvgIpc) is 2.12. The molecule has 0 aromatic rings. The molecule has 1 aliphatic rings. The molecular weight excluding hydrogens is 68.0 g/mol. The Labute approximate surface area is 30.4 Å². The first-order chi connectivity index (χ1) is 2.43. The van der Waals surface area contributed by atoms with Gasteiger partial charge in [0.2, 0.25) is 0 Å². The minimum Gasteiger partial charge on any atom is -0.389 e. The maximum Gasteiger partial charge on any atom is 0.298 e. The SMILES string of the molecule is OCC1[CH+]O1. The van der Waals surface area contributed by atoms with Gasteiger partial charge in [-0.2, -0.15) is 0 Å². The smallest absolute Gasteiger partial charge is 0.298 e. The minimum absolute atomic E-state index is 0.0648. The molecule has 1 N–H and O–H groups in total. The van der Waals surface area contributed by atoms with Gasteiger partial charge in [0.05, 0.1) is 0 Å². The summed E-state index contributed by atoms with van der Waals surface area (Å²) >= 11 is 0. The highest BCUT2D eigenvalue weighted by atomic mass is 16.6. The fourth-order valence-electron chi connectivity index (χ4n) is 0.142. The maximum absolute atomic E-state index is 8.05. The van der Waals surface area contributed by atoms with E-state index in [1.165, 1.54) is 0 Å². The molecule has 2 heteroatoms. The lowest BCUT2D eigenvalue weighted by Gasteiger charge is -1.60. The van der Waals surface area contributed by atoms with Gasteiger partial charge in [-0.25, -0.2) is 0 Å². The molecule has 1 unspecified atom stereocenters. The zero-order valence-electron chi connectivity index (χ0n) is 2.72. The highest BCUT2D eigenvalue weighted by Gasteiger charge is 2.37. The molecule has 1 saturated heterocycles. The second-order valence-electron chi connectivity index (χ2n) is 0.993. The summed E-state index contributed by atoms with van der Waals surface area (Å²) in [4.78, 5) is 0. The van der Waals surface area contributed by atoms with Gasteiger partial charge < -0.3 is 5.11 Å². The van der Waals surface area contributed by atoms with Gasteiger partial charge in [-0.1, -0.05) is 0 Å². The van der Waals surface area contributed by atoms with Crippen LogP contribution in [0.1, 0.15) is 0 Å². The van der Waals surface area contributed by atoms with Crippen molar-refractivity contribution in [3.63, 3.8) is 0 Å². The zero-order chi connectivity index (χ0) is 3.70. The van der Waals surface area contributed by atoms with E-state index in [9.17, 15) is 0 Å². The van der Waals surface area contributed by atoms with Gasteiger partial charge in [-0.3, -0.25) is 0 Å². The predicted molar refractivity (Wildman–Crippen MR) is 16.3 cm³/mol. The van der Waals surface area contributed by atoms with E-state index in [0.29, 0.717) is 0 Å². The van der Waals surface area contributed by atoms with Crippen LogP contribution in [0, 0.1) is 6.61 Å². The molecule has 0 aromatic carbocycles. The molecule has 1 heterocycles. The highest BCUT2D eigenvalue weighted by molar-refractivity contribution is 4.80. The van der Waals surface area contributed by atoms with Crippen molar-refractivity contribution in [3.8, 4) is 0 Å². The molecule has 1 rings (SSSR count). The van der Waals surface area contributed by atoms with Crippen molar-refractivity contribution in [1.82, 2.24) is 0 Å². The van der Waals surface area contributed by atoms with Gasteiger partial charge >= 0.3 is 0 Å². The number of aliphatic hydroxyl groups is 1. The lowest BCUT2D eigenvalue weighted by molar-refractivity contribution is 0.245. The van der Waals surface area contributed by atoms with Crippen LogP contribution in [0.15, 0.2) is 0 Å². The highest BCUT2D eigenvalue weighted by Crippen LogP contribution is 2.12. The van der Waals surface area contributed by atoms with Gasteiger partial charge in [-0.05, 0) is 0 Å². The molecule has 5 heavy (non-hydrogen) atoms. The van der Waals surface area contributed by atoms with Gasteiger partial charge in [0.1, 0.15) is 6.61 Å². The first kappa shape index (κ1) is 3.00. The van der Waals surface area contributed by atoms with Crippen molar-refractivity contribution < 1.29 is 9.84 Å². The van der Waals surface area contributed by atoms with Gasteiger partial charge in [0, 0.05) is 0 Å². The Morgan fingerprint density at radius 2 is 2.60 bits per heavy atom. The van der Waals surface area contributed by atoms with E-state index < -0.39 is 0 Å². The largest absolute Gasteiger partial charge is 0.389 e. The topological polar surface area (TPSA) is 32.8 Å². The van der Waals surface area contributed by atoms with Crippen molar-refractivity contribution in [2.75, 3.05) is 6.61 Å². The van der Waals surface area contributed by atoms with Crippen LogP contribution >= 0.6 is 0 Å². The molecule has 1 aliphatic heterocycles. The van der Waals surface area contributed by atoms with Crippen LogP contribution in [0.4, 0.5) is 0 Å². The van der Waals surface area contributed by atoms with Crippen LogP contribution in [-0.2, 0) is 4.74 Å². The van der Waals surface area contributed by atoms with Gasteiger partial charge in [-0.15, -0.1) is 4.74 Å². The zero-order valence-corrected chi connectivity index (χ0v) is 2.72. The van der Waals surface area contributed by atoms with E-state index in [2.05, 4.69) is 4.74 Å². The Balaban J connectivity index is 2.00. The van der Waals surface area contributed by atoms with Crippen LogP contribution in [0.5, 0.6) is 0 Å². The molecule has 0 saturated carbocycles. The minimum atomic E-state index is 0.0648. The Hall–Kier alpha value is -0.210. The molecule has 2 nitrogen and oxygen atoms in total. The summed E-state index contributed by atoms with van der Waals surface area (Å²) in [7, 11) is 0. The number of epoxide rings is 1. The Bertz CT molecular complexity index is 31.9. The number of hydrogen-bond acceptors (Lipinski definition) is 2. The van der Waals surface area contributed by atoms with Crippen LogP contribution < -0.4 is 0 Å². The summed E-state index contributed by atoms with van der Waals surface area (Å²) in [5.41, 5.74) is 0. The normalized spacial score (nSPS) is 32.6. The number of ether oxygens (including phenoxy) is 1. The van der Waals surface area contributed by atoms with E-state index in [1.807, 2.05) is 0 Å². The van der Waals surface area contributed by atoms with Crippen molar-refractivity contribution >= 4 is 0 Å². The van der Waals surface area contributed by atoms with E-state index >= 15 is 0 Å². The quantitative estimate of drug-likeness (QED) is 0.336. The third-order valence-corrected chi connectivity index (χ3v) is 0.508. The van der Waals surface area contributed by atoms with Crippen LogP contribution in [0.25, 0.3) is 0 Å². The summed E-state index contributed by atoms with van der Waals surface area (Å²) in [5.74, 6) is 0. The van der Waals surface area contributed by atoms with E-state index in [0.717, 1.165) is 0 Å². The predicted octanol–water partition coefficient (Wildman–Crippen LogP) is -0.461. The monoisotopic (exact) mass is 73.0 g/mol. The molecule has 28 valence electrons. The standard InChI is InChI=1S/C3H5O2/c4-1-3-2-5-3/h2-4H,1H2/q+1. The van der Waals surface area contributed by atoms with E-state index in [1.54, 1.807) is 6.61 Å².